The average Bonchev–Trinajstić information content (AvgIpc) is 2.59. The lowest BCUT2D eigenvalue weighted by Crippen LogP contribution is -2.36. The highest BCUT2D eigenvalue weighted by Gasteiger charge is 2.30. The van der Waals surface area contributed by atoms with Gasteiger partial charge in [0, 0.05) is 18.4 Å². The molecule has 4 nitrogen and oxygen atoms in total. The number of pyridine rings is 1. The summed E-state index contributed by atoms with van der Waals surface area (Å²) in [4.78, 5) is 28.3. The molecule has 4 heteroatoms. The Morgan fingerprint density at radius 1 is 1.50 bits per heavy atom. The van der Waals surface area contributed by atoms with Crippen molar-refractivity contribution in [3.05, 3.63) is 30.1 Å². The van der Waals surface area contributed by atoms with Gasteiger partial charge < -0.3 is 4.90 Å². The molecular weight excluding hydrogens is 204 g/mol. The zero-order chi connectivity index (χ0) is 11.5. The zero-order valence-corrected chi connectivity index (χ0v) is 9.22. The molecule has 1 saturated heterocycles. The molecule has 1 aliphatic rings. The van der Waals surface area contributed by atoms with Gasteiger partial charge in [0.05, 0.1) is 13.0 Å². The first-order chi connectivity index (χ1) is 7.66. The molecular formula is C12H14N2O2. The van der Waals surface area contributed by atoms with Crippen molar-refractivity contribution in [3.63, 3.8) is 0 Å². The van der Waals surface area contributed by atoms with Crippen LogP contribution in [0.25, 0.3) is 0 Å². The van der Waals surface area contributed by atoms with E-state index >= 15 is 0 Å². The number of ketones is 1. The third kappa shape index (κ3) is 2.27. The van der Waals surface area contributed by atoms with Gasteiger partial charge >= 0.3 is 0 Å². The normalized spacial score (nSPS) is 17.9. The molecule has 0 bridgehead atoms. The fourth-order valence-corrected chi connectivity index (χ4v) is 1.98. The topological polar surface area (TPSA) is 50.3 Å². The fourth-order valence-electron chi connectivity index (χ4n) is 1.98. The SMILES string of the molecule is CC(Cc1cccnc1)N1CC(=O)CC1=O. The minimum absolute atomic E-state index is 0.0167. The van der Waals surface area contributed by atoms with E-state index in [1.165, 1.54) is 0 Å². The second-order valence-corrected chi connectivity index (χ2v) is 4.15. The number of amides is 1. The Morgan fingerprint density at radius 3 is 2.88 bits per heavy atom. The molecule has 1 fully saturated rings. The lowest BCUT2D eigenvalue weighted by Gasteiger charge is -2.23. The van der Waals surface area contributed by atoms with E-state index < -0.39 is 0 Å². The third-order valence-corrected chi connectivity index (χ3v) is 2.80. The van der Waals surface area contributed by atoms with Crippen LogP contribution < -0.4 is 0 Å². The summed E-state index contributed by atoms with van der Waals surface area (Å²) in [7, 11) is 0. The molecule has 1 aliphatic heterocycles. The van der Waals surface area contributed by atoms with Crippen molar-refractivity contribution in [2.45, 2.75) is 25.8 Å². The molecule has 16 heavy (non-hydrogen) atoms. The Labute approximate surface area is 94.3 Å². The number of rotatable bonds is 3. The standard InChI is InChI=1S/C12H14N2O2/c1-9(5-10-3-2-4-13-7-10)14-8-11(15)6-12(14)16/h2-4,7,9H,5-6,8H2,1H3. The monoisotopic (exact) mass is 218 g/mol. The van der Waals surface area contributed by atoms with E-state index in [0.717, 1.165) is 12.0 Å². The molecule has 1 aromatic heterocycles. The summed E-state index contributed by atoms with van der Waals surface area (Å²) in [6.07, 6.45) is 4.32. The van der Waals surface area contributed by atoms with Crippen LogP contribution in [0.4, 0.5) is 0 Å². The van der Waals surface area contributed by atoms with Gasteiger partial charge in [-0.3, -0.25) is 14.6 Å². The predicted octanol–water partition coefficient (Wildman–Crippen LogP) is 0.814. The summed E-state index contributed by atoms with van der Waals surface area (Å²) in [5.41, 5.74) is 1.09. The third-order valence-electron chi connectivity index (χ3n) is 2.80. The van der Waals surface area contributed by atoms with E-state index in [2.05, 4.69) is 4.98 Å². The fraction of sp³-hybridized carbons (Fsp3) is 0.417. The van der Waals surface area contributed by atoms with Crippen molar-refractivity contribution >= 4 is 11.7 Å². The number of aromatic nitrogens is 1. The van der Waals surface area contributed by atoms with Gasteiger partial charge in [-0.15, -0.1) is 0 Å². The number of likely N-dealkylation sites (tertiary alicyclic amines) is 1. The first-order valence-electron chi connectivity index (χ1n) is 5.37. The molecule has 84 valence electrons. The number of carbonyl (C=O) groups excluding carboxylic acids is 2. The van der Waals surface area contributed by atoms with E-state index in [0.29, 0.717) is 0 Å². The van der Waals surface area contributed by atoms with Gasteiger partial charge in [0.2, 0.25) is 5.91 Å². The summed E-state index contributed by atoms with van der Waals surface area (Å²) in [6.45, 7) is 2.23. The molecule has 0 radical (unpaired) electrons. The van der Waals surface area contributed by atoms with Crippen LogP contribution in [0.5, 0.6) is 0 Å². The summed E-state index contributed by atoms with van der Waals surface area (Å²) < 4.78 is 0. The Kier molecular flexibility index (Phi) is 2.99. The van der Waals surface area contributed by atoms with Gasteiger partial charge in [-0.05, 0) is 25.0 Å². The van der Waals surface area contributed by atoms with Crippen LogP contribution in [0, 0.1) is 0 Å². The van der Waals surface area contributed by atoms with Crippen molar-refractivity contribution in [1.82, 2.24) is 9.88 Å². The van der Waals surface area contributed by atoms with Crippen LogP contribution in [0.2, 0.25) is 0 Å². The highest BCUT2D eigenvalue weighted by Crippen LogP contribution is 2.14. The second-order valence-electron chi connectivity index (χ2n) is 4.15. The maximum Gasteiger partial charge on any atom is 0.230 e. The molecule has 1 unspecified atom stereocenters. The first kappa shape index (κ1) is 10.8. The molecule has 1 aromatic rings. The predicted molar refractivity (Wildman–Crippen MR) is 58.7 cm³/mol. The van der Waals surface area contributed by atoms with Crippen LogP contribution in [0.3, 0.4) is 0 Å². The van der Waals surface area contributed by atoms with Crippen LogP contribution in [0.15, 0.2) is 24.5 Å². The van der Waals surface area contributed by atoms with Crippen molar-refractivity contribution in [2.24, 2.45) is 0 Å². The van der Waals surface area contributed by atoms with E-state index in [4.69, 9.17) is 0 Å². The summed E-state index contributed by atoms with van der Waals surface area (Å²) >= 11 is 0. The molecule has 0 aromatic carbocycles. The van der Waals surface area contributed by atoms with Gasteiger partial charge in [-0.2, -0.15) is 0 Å². The molecule has 2 rings (SSSR count). The largest absolute Gasteiger partial charge is 0.332 e. The Morgan fingerprint density at radius 2 is 2.31 bits per heavy atom. The first-order valence-corrected chi connectivity index (χ1v) is 5.37. The van der Waals surface area contributed by atoms with Gasteiger partial charge in [0.1, 0.15) is 0 Å². The van der Waals surface area contributed by atoms with Crippen LogP contribution in [-0.2, 0) is 16.0 Å². The van der Waals surface area contributed by atoms with E-state index in [9.17, 15) is 9.59 Å². The smallest absolute Gasteiger partial charge is 0.230 e. The second kappa shape index (κ2) is 4.43. The average molecular weight is 218 g/mol. The highest BCUT2D eigenvalue weighted by atomic mass is 16.2. The number of carbonyl (C=O) groups is 2. The maximum absolute atomic E-state index is 11.5. The van der Waals surface area contributed by atoms with E-state index in [1.54, 1.807) is 17.3 Å². The molecule has 0 saturated carbocycles. The summed E-state index contributed by atoms with van der Waals surface area (Å²) in [5.74, 6) is -0.0376. The Bertz CT molecular complexity index is 403. The Balaban J connectivity index is 2.01. The van der Waals surface area contributed by atoms with Gasteiger partial charge in [-0.25, -0.2) is 0 Å². The van der Waals surface area contributed by atoms with Gasteiger partial charge in [0.25, 0.3) is 0 Å². The molecule has 0 aliphatic carbocycles. The number of nitrogens with zero attached hydrogens (tertiary/aromatic N) is 2. The summed E-state index contributed by atoms with van der Waals surface area (Å²) in [5, 5.41) is 0. The highest BCUT2D eigenvalue weighted by molar-refractivity contribution is 6.05. The number of Topliss-reactive ketones (excluding diaryl/α,β-unsaturated/α-hetero) is 1. The van der Waals surface area contributed by atoms with E-state index in [-0.39, 0.29) is 30.7 Å². The van der Waals surface area contributed by atoms with Gasteiger partial charge in [0.15, 0.2) is 5.78 Å². The van der Waals surface area contributed by atoms with E-state index in [1.807, 2.05) is 19.1 Å². The summed E-state index contributed by atoms with van der Waals surface area (Å²) in [6, 6.07) is 3.91. The zero-order valence-electron chi connectivity index (χ0n) is 9.22. The molecule has 0 spiro atoms. The molecule has 2 heterocycles. The van der Waals surface area contributed by atoms with Crippen molar-refractivity contribution in [2.75, 3.05) is 6.54 Å². The minimum atomic E-state index is -0.0543. The van der Waals surface area contributed by atoms with Crippen molar-refractivity contribution in [1.29, 1.82) is 0 Å². The van der Waals surface area contributed by atoms with Crippen molar-refractivity contribution in [3.8, 4) is 0 Å². The van der Waals surface area contributed by atoms with Crippen LogP contribution in [-0.4, -0.2) is 34.2 Å². The lowest BCUT2D eigenvalue weighted by molar-refractivity contribution is -0.129. The maximum atomic E-state index is 11.5. The lowest BCUT2D eigenvalue weighted by atomic mass is 10.1. The molecule has 1 amide bonds. The van der Waals surface area contributed by atoms with Crippen LogP contribution >= 0.6 is 0 Å². The Hall–Kier alpha value is -1.71. The number of hydrogen-bond acceptors (Lipinski definition) is 3. The quantitative estimate of drug-likeness (QED) is 0.705. The van der Waals surface area contributed by atoms with Crippen molar-refractivity contribution < 1.29 is 9.59 Å². The minimum Gasteiger partial charge on any atom is -0.332 e. The van der Waals surface area contributed by atoms with Crippen LogP contribution in [0.1, 0.15) is 18.9 Å². The molecule has 1 atom stereocenters. The number of hydrogen-bond donors (Lipinski definition) is 0. The molecule has 0 N–H and O–H groups in total. The van der Waals surface area contributed by atoms with Gasteiger partial charge in [-0.1, -0.05) is 6.07 Å².